The molecule has 17 nitrogen and oxygen atoms in total. The van der Waals surface area contributed by atoms with Crippen LogP contribution in [-0.2, 0) is 65.4 Å². The molecule has 0 aromatic rings. The maximum Gasteiger partial charge on any atom is 0.472 e. The Morgan fingerprint density at radius 3 is 0.877 bits per heavy atom. The standard InChI is InChI=1S/C62H120O17P2/c1-9-54(7)40-32-24-17-20-27-35-43-60(65)73-49-58(78-61(66)44-36-28-19-16-23-31-39-53(5)6)51-77-81(70,71)75-47-56(63)46-74-80(68,69)76-50-57(79-62(67)45-37-29-21-18-25-33-41-55(8)10-2)48-72-59(64)42-34-26-15-13-11-12-14-22-30-38-52(3)4/h52-58,63H,9-51H2,1-8H3,(H,68,69)(H,70,71)/t54?,55?,56-,57-,58-/m1/s1. The molecule has 0 aliphatic rings. The molecule has 480 valence electrons. The van der Waals surface area contributed by atoms with E-state index in [0.717, 1.165) is 114 Å². The van der Waals surface area contributed by atoms with E-state index < -0.39 is 97.5 Å². The number of ether oxygens (including phenoxy) is 4. The number of hydrogen-bond acceptors (Lipinski definition) is 15. The van der Waals surface area contributed by atoms with Crippen LogP contribution < -0.4 is 0 Å². The second-order valence-corrected chi connectivity index (χ2v) is 26.8. The first-order valence-electron chi connectivity index (χ1n) is 32.3. The number of aliphatic hydroxyl groups is 1. The SMILES string of the molecule is CCC(C)CCCCCCCCC(=O)OC[C@H](COP(=O)(O)OC[C@H](O)COP(=O)(O)OC[C@@H](COC(=O)CCCCCCCCCCCC(C)C)OC(=O)CCCCCCCCC(C)CC)OC(=O)CCCCCCCCC(C)C. The van der Waals surface area contributed by atoms with Gasteiger partial charge in [0.2, 0.25) is 0 Å². The normalized spacial score (nSPS) is 15.2. The first-order valence-corrected chi connectivity index (χ1v) is 35.3. The van der Waals surface area contributed by atoms with E-state index in [1.807, 2.05) is 0 Å². The van der Waals surface area contributed by atoms with Crippen molar-refractivity contribution < 1.29 is 80.2 Å². The number of phosphoric acid groups is 2. The van der Waals surface area contributed by atoms with E-state index in [2.05, 4.69) is 55.4 Å². The van der Waals surface area contributed by atoms with Gasteiger partial charge in [-0.2, -0.15) is 0 Å². The molecule has 0 saturated heterocycles. The highest BCUT2D eigenvalue weighted by Gasteiger charge is 2.30. The van der Waals surface area contributed by atoms with Crippen molar-refractivity contribution in [3.63, 3.8) is 0 Å². The molecule has 0 aliphatic carbocycles. The Hall–Kier alpha value is -1.94. The second kappa shape index (κ2) is 52.4. The predicted molar refractivity (Wildman–Crippen MR) is 321 cm³/mol. The van der Waals surface area contributed by atoms with E-state index in [1.165, 1.54) is 89.9 Å². The van der Waals surface area contributed by atoms with E-state index in [4.69, 9.17) is 37.0 Å². The Bertz CT molecular complexity index is 1630. The largest absolute Gasteiger partial charge is 0.472 e. The Kier molecular flexibility index (Phi) is 51.1. The van der Waals surface area contributed by atoms with Crippen LogP contribution >= 0.6 is 15.6 Å². The van der Waals surface area contributed by atoms with Crippen molar-refractivity contribution in [1.82, 2.24) is 0 Å². The van der Waals surface area contributed by atoms with Crippen molar-refractivity contribution >= 4 is 39.5 Å². The topological polar surface area (TPSA) is 237 Å². The zero-order valence-electron chi connectivity index (χ0n) is 52.4. The maximum absolute atomic E-state index is 12.9. The molecule has 0 bridgehead atoms. The molecule has 0 amide bonds. The number of carbonyl (C=O) groups is 4. The number of unbranched alkanes of at least 4 members (excludes halogenated alkanes) is 23. The zero-order chi connectivity index (χ0) is 60.4. The highest BCUT2D eigenvalue weighted by Crippen LogP contribution is 2.45. The van der Waals surface area contributed by atoms with E-state index in [1.54, 1.807) is 0 Å². The van der Waals surface area contributed by atoms with Crippen LogP contribution in [-0.4, -0.2) is 96.7 Å². The van der Waals surface area contributed by atoms with E-state index in [-0.39, 0.29) is 25.7 Å². The van der Waals surface area contributed by atoms with Crippen LogP contribution in [0.4, 0.5) is 0 Å². The Balaban J connectivity index is 5.25. The summed E-state index contributed by atoms with van der Waals surface area (Å²) in [5.74, 6) is 0.716. The van der Waals surface area contributed by atoms with E-state index >= 15 is 0 Å². The Labute approximate surface area is 492 Å². The first kappa shape index (κ1) is 79.1. The van der Waals surface area contributed by atoms with Crippen LogP contribution in [0.2, 0.25) is 0 Å². The summed E-state index contributed by atoms with van der Waals surface area (Å²) in [7, 11) is -9.88. The molecule has 0 aromatic heterocycles. The summed E-state index contributed by atoms with van der Waals surface area (Å²) in [5.41, 5.74) is 0. The fourth-order valence-electron chi connectivity index (χ4n) is 9.01. The predicted octanol–water partition coefficient (Wildman–Crippen LogP) is 16.6. The van der Waals surface area contributed by atoms with E-state index in [9.17, 15) is 43.2 Å². The van der Waals surface area contributed by atoms with Gasteiger partial charge in [0.05, 0.1) is 26.4 Å². The highest BCUT2D eigenvalue weighted by atomic mass is 31.2. The third-order valence-electron chi connectivity index (χ3n) is 14.8. The lowest BCUT2D eigenvalue weighted by Gasteiger charge is -2.21. The fourth-order valence-corrected chi connectivity index (χ4v) is 10.6. The number of phosphoric ester groups is 2. The molecule has 0 aliphatic heterocycles. The van der Waals surface area contributed by atoms with Crippen LogP contribution in [0.5, 0.6) is 0 Å². The summed E-state index contributed by atoms with van der Waals surface area (Å²) >= 11 is 0. The Morgan fingerprint density at radius 2 is 0.593 bits per heavy atom. The molecular formula is C62H120O17P2. The molecule has 19 heteroatoms. The second-order valence-electron chi connectivity index (χ2n) is 23.9. The number of hydrogen-bond donors (Lipinski definition) is 3. The number of aliphatic hydroxyl groups excluding tert-OH is 1. The average Bonchev–Trinajstić information content (AvgIpc) is 3.42. The van der Waals surface area contributed by atoms with Gasteiger partial charge in [-0.15, -0.1) is 0 Å². The van der Waals surface area contributed by atoms with Gasteiger partial charge in [0.25, 0.3) is 0 Å². The number of rotatable bonds is 59. The van der Waals surface area contributed by atoms with Crippen LogP contribution in [0.15, 0.2) is 0 Å². The zero-order valence-corrected chi connectivity index (χ0v) is 54.2. The van der Waals surface area contributed by atoms with Crippen molar-refractivity contribution in [2.45, 2.75) is 311 Å². The van der Waals surface area contributed by atoms with Gasteiger partial charge in [0.15, 0.2) is 12.2 Å². The summed E-state index contributed by atoms with van der Waals surface area (Å²) in [4.78, 5) is 72.1. The van der Waals surface area contributed by atoms with Gasteiger partial charge in [0.1, 0.15) is 19.3 Å². The summed E-state index contributed by atoms with van der Waals surface area (Å²) in [6.45, 7) is 13.9. The fraction of sp³-hybridized carbons (Fsp3) is 0.935. The Morgan fingerprint density at radius 1 is 0.346 bits per heavy atom. The van der Waals surface area contributed by atoms with Gasteiger partial charge in [0, 0.05) is 25.7 Å². The molecule has 0 fully saturated rings. The highest BCUT2D eigenvalue weighted by molar-refractivity contribution is 7.47. The minimum absolute atomic E-state index is 0.100. The van der Waals surface area contributed by atoms with Gasteiger partial charge in [-0.25, -0.2) is 9.13 Å². The lowest BCUT2D eigenvalue weighted by molar-refractivity contribution is -0.161. The van der Waals surface area contributed by atoms with Gasteiger partial charge in [-0.05, 0) is 49.4 Å². The smallest absolute Gasteiger partial charge is 0.462 e. The number of esters is 4. The van der Waals surface area contributed by atoms with Gasteiger partial charge >= 0.3 is 39.5 Å². The van der Waals surface area contributed by atoms with Gasteiger partial charge in [-0.3, -0.25) is 37.3 Å². The van der Waals surface area contributed by atoms with Crippen molar-refractivity contribution in [1.29, 1.82) is 0 Å². The van der Waals surface area contributed by atoms with Crippen LogP contribution in [0.25, 0.3) is 0 Å². The maximum atomic E-state index is 12.9. The quantitative estimate of drug-likeness (QED) is 0.0222. The molecule has 0 spiro atoms. The summed E-state index contributed by atoms with van der Waals surface area (Å²) in [5, 5.41) is 10.5. The molecule has 81 heavy (non-hydrogen) atoms. The van der Waals surface area contributed by atoms with Gasteiger partial charge < -0.3 is 33.8 Å². The van der Waals surface area contributed by atoms with Crippen LogP contribution in [0.3, 0.4) is 0 Å². The molecule has 7 atom stereocenters. The minimum Gasteiger partial charge on any atom is -0.462 e. The monoisotopic (exact) mass is 1200 g/mol. The lowest BCUT2D eigenvalue weighted by Crippen LogP contribution is -2.30. The molecule has 0 radical (unpaired) electrons. The molecule has 0 rings (SSSR count). The van der Waals surface area contributed by atoms with Crippen molar-refractivity contribution in [3.8, 4) is 0 Å². The van der Waals surface area contributed by atoms with Crippen molar-refractivity contribution in [2.24, 2.45) is 23.7 Å². The van der Waals surface area contributed by atoms with Gasteiger partial charge in [-0.1, -0.05) is 242 Å². The first-order chi connectivity index (χ1) is 38.7. The average molecular weight is 1200 g/mol. The molecular weight excluding hydrogens is 1080 g/mol. The van der Waals surface area contributed by atoms with E-state index in [0.29, 0.717) is 31.6 Å². The summed E-state index contributed by atoms with van der Waals surface area (Å²) < 4.78 is 67.9. The van der Waals surface area contributed by atoms with Crippen molar-refractivity contribution in [2.75, 3.05) is 39.6 Å². The molecule has 0 heterocycles. The molecule has 0 saturated carbocycles. The van der Waals surface area contributed by atoms with Crippen LogP contribution in [0, 0.1) is 23.7 Å². The summed E-state index contributed by atoms with van der Waals surface area (Å²) in [6, 6.07) is 0. The molecule has 3 N–H and O–H groups in total. The third-order valence-corrected chi connectivity index (χ3v) is 16.7. The minimum atomic E-state index is -4.94. The molecule has 4 unspecified atom stereocenters. The molecule has 0 aromatic carbocycles. The lowest BCUT2D eigenvalue weighted by atomic mass is 10.00. The summed E-state index contributed by atoms with van der Waals surface area (Å²) in [6.07, 6.45) is 31.0. The number of carbonyl (C=O) groups excluding carboxylic acids is 4. The third kappa shape index (κ3) is 54.5. The van der Waals surface area contributed by atoms with Crippen molar-refractivity contribution in [3.05, 3.63) is 0 Å². The van der Waals surface area contributed by atoms with Crippen LogP contribution in [0.1, 0.15) is 293 Å².